The molecular formula is C33H54O11. The van der Waals surface area contributed by atoms with Crippen LogP contribution < -0.4 is 0 Å². The van der Waals surface area contributed by atoms with Crippen LogP contribution in [-0.2, 0) is 23.7 Å². The molecule has 3 aliphatic carbocycles. The van der Waals surface area contributed by atoms with Gasteiger partial charge in [0.05, 0.1) is 31.0 Å². The number of aliphatic hydroxyl groups excluding tert-OH is 5. The van der Waals surface area contributed by atoms with Gasteiger partial charge in [0, 0.05) is 11.8 Å². The second-order valence-electron chi connectivity index (χ2n) is 15.1. The summed E-state index contributed by atoms with van der Waals surface area (Å²) in [5, 5.41) is 63.4. The van der Waals surface area contributed by atoms with E-state index in [4.69, 9.17) is 23.7 Å². The average Bonchev–Trinajstić information content (AvgIpc) is 2.98. The Bertz CT molecular complexity index is 1060. The second-order valence-corrected chi connectivity index (χ2v) is 15.1. The highest BCUT2D eigenvalue weighted by molar-refractivity contribution is 5.25. The topological polar surface area (TPSA) is 168 Å². The van der Waals surface area contributed by atoms with Crippen molar-refractivity contribution in [2.75, 3.05) is 6.61 Å². The molecule has 11 nitrogen and oxygen atoms in total. The van der Waals surface area contributed by atoms with Crippen LogP contribution >= 0.6 is 0 Å². The zero-order valence-electron chi connectivity index (χ0n) is 26.7. The maximum Gasteiger partial charge on any atom is 0.197 e. The van der Waals surface area contributed by atoms with Gasteiger partial charge in [-0.25, -0.2) is 0 Å². The van der Waals surface area contributed by atoms with E-state index in [9.17, 15) is 30.6 Å². The SMILES string of the molecule is C[C@H](O[C@H]1C[C@@H](O)[C@H](O)[C@@H](C)O1)[C@@]1(O)OCC[C@H]2[C@@H]3CC=C4C[C@@H](O[C@@H]5O[C@H](C)[C@H](O)[C@@H](O)[C@@H]5O)CC[C@]4(C)[C@H]3CC[C@@]21C. The smallest absolute Gasteiger partial charge is 0.197 e. The number of rotatable bonds is 5. The molecule has 0 amide bonds. The molecular weight excluding hydrogens is 572 g/mol. The van der Waals surface area contributed by atoms with Gasteiger partial charge in [-0.05, 0) is 88.9 Å². The molecule has 0 radical (unpaired) electrons. The van der Waals surface area contributed by atoms with E-state index >= 15 is 0 Å². The predicted molar refractivity (Wildman–Crippen MR) is 157 cm³/mol. The molecule has 6 aliphatic rings. The highest BCUT2D eigenvalue weighted by Gasteiger charge is 2.65. The van der Waals surface area contributed by atoms with Gasteiger partial charge in [-0.1, -0.05) is 25.5 Å². The van der Waals surface area contributed by atoms with Crippen LogP contribution in [0.5, 0.6) is 0 Å². The monoisotopic (exact) mass is 626 g/mol. The van der Waals surface area contributed by atoms with Gasteiger partial charge in [0.1, 0.15) is 30.5 Å². The first kappa shape index (κ1) is 33.2. The van der Waals surface area contributed by atoms with Gasteiger partial charge in [-0.15, -0.1) is 0 Å². The Morgan fingerprint density at radius 3 is 2.34 bits per heavy atom. The number of fused-ring (bicyclic) bond motifs is 5. The number of hydrogen-bond acceptors (Lipinski definition) is 11. The molecule has 17 atom stereocenters. The quantitative estimate of drug-likeness (QED) is 0.246. The number of allylic oxidation sites excluding steroid dienone is 1. The van der Waals surface area contributed by atoms with Gasteiger partial charge >= 0.3 is 0 Å². The Hall–Kier alpha value is -0.700. The lowest BCUT2D eigenvalue weighted by molar-refractivity contribution is -0.384. The molecule has 0 spiro atoms. The van der Waals surface area contributed by atoms with Gasteiger partial charge < -0.3 is 54.3 Å². The lowest BCUT2D eigenvalue weighted by atomic mass is 9.45. The fourth-order valence-electron chi connectivity index (χ4n) is 9.88. The van der Waals surface area contributed by atoms with Crippen molar-refractivity contribution in [3.8, 4) is 0 Å². The van der Waals surface area contributed by atoms with Crippen molar-refractivity contribution in [2.24, 2.45) is 28.6 Å². The van der Waals surface area contributed by atoms with Crippen molar-refractivity contribution in [1.82, 2.24) is 0 Å². The van der Waals surface area contributed by atoms with Gasteiger partial charge in [0.15, 0.2) is 18.4 Å². The fraction of sp³-hybridized carbons (Fsp3) is 0.939. The van der Waals surface area contributed by atoms with Crippen LogP contribution in [-0.4, -0.2) is 111 Å². The first-order chi connectivity index (χ1) is 20.7. The summed E-state index contributed by atoms with van der Waals surface area (Å²) in [7, 11) is 0. The Morgan fingerprint density at radius 1 is 0.886 bits per heavy atom. The summed E-state index contributed by atoms with van der Waals surface area (Å²) in [6.45, 7) is 10.1. The summed E-state index contributed by atoms with van der Waals surface area (Å²) in [6.07, 6.45) is -1.02. The molecule has 0 aromatic heterocycles. The molecule has 11 heteroatoms. The molecule has 3 saturated heterocycles. The molecule has 3 heterocycles. The standard InChI is InChI=1S/C33H54O11/c1-16-26(35)24(34)15-25(41-16)43-18(3)33(39)32(5)12-9-22-21(23(32)10-13-40-33)7-6-19-14-20(8-11-31(19,22)4)44-30-29(38)28(37)27(36)17(2)42-30/h6,16-18,20-30,34-39H,7-15H2,1-5H3/t16-,17-,18+,20+,21-,22+,23+,24-,25+,26-,27+,28-,29+,30+,31+,32+,33-/m1/s1. The van der Waals surface area contributed by atoms with Crippen LogP contribution in [0.3, 0.4) is 0 Å². The summed E-state index contributed by atoms with van der Waals surface area (Å²) < 4.78 is 30.2. The predicted octanol–water partition coefficient (Wildman–Crippen LogP) is 1.74. The number of aliphatic hydroxyl groups is 6. The lowest BCUT2D eigenvalue weighted by Gasteiger charge is -2.64. The van der Waals surface area contributed by atoms with Crippen molar-refractivity contribution in [1.29, 1.82) is 0 Å². The molecule has 6 N–H and O–H groups in total. The van der Waals surface area contributed by atoms with Crippen LogP contribution in [0.4, 0.5) is 0 Å². The highest BCUT2D eigenvalue weighted by Crippen LogP contribution is 2.65. The third-order valence-corrected chi connectivity index (χ3v) is 12.7. The van der Waals surface area contributed by atoms with E-state index in [1.165, 1.54) is 5.57 Å². The normalized spacial score (nSPS) is 55.2. The second kappa shape index (κ2) is 12.1. The first-order valence-electron chi connectivity index (χ1n) is 16.8. The third kappa shape index (κ3) is 5.32. The van der Waals surface area contributed by atoms with E-state index in [0.717, 1.165) is 44.9 Å². The number of hydrogen-bond donors (Lipinski definition) is 6. The Labute approximate surface area is 260 Å². The molecule has 44 heavy (non-hydrogen) atoms. The average molecular weight is 627 g/mol. The van der Waals surface area contributed by atoms with Crippen LogP contribution in [0, 0.1) is 28.6 Å². The zero-order valence-corrected chi connectivity index (χ0v) is 26.7. The van der Waals surface area contributed by atoms with Crippen molar-refractivity contribution in [2.45, 2.75) is 159 Å². The summed E-state index contributed by atoms with van der Waals surface area (Å²) in [6, 6.07) is 0. The maximum atomic E-state index is 12.2. The molecule has 252 valence electrons. The summed E-state index contributed by atoms with van der Waals surface area (Å²) in [4.78, 5) is 0. The van der Waals surface area contributed by atoms with E-state index < -0.39 is 72.6 Å². The van der Waals surface area contributed by atoms with Crippen LogP contribution in [0.25, 0.3) is 0 Å². The van der Waals surface area contributed by atoms with E-state index in [1.54, 1.807) is 13.8 Å². The van der Waals surface area contributed by atoms with Gasteiger partial charge in [-0.2, -0.15) is 0 Å². The minimum atomic E-state index is -1.53. The van der Waals surface area contributed by atoms with E-state index in [2.05, 4.69) is 19.9 Å². The third-order valence-electron chi connectivity index (χ3n) is 12.7. The van der Waals surface area contributed by atoms with Gasteiger partial charge in [0.2, 0.25) is 0 Å². The Kier molecular flexibility index (Phi) is 9.11. The van der Waals surface area contributed by atoms with Gasteiger partial charge in [-0.3, -0.25) is 0 Å². The van der Waals surface area contributed by atoms with E-state index in [1.807, 2.05) is 6.92 Å². The molecule has 0 bridgehead atoms. The van der Waals surface area contributed by atoms with Crippen LogP contribution in [0.2, 0.25) is 0 Å². The molecule has 5 fully saturated rings. The molecule has 0 aromatic rings. The van der Waals surface area contributed by atoms with Crippen LogP contribution in [0.1, 0.15) is 86.0 Å². The summed E-state index contributed by atoms with van der Waals surface area (Å²) >= 11 is 0. The summed E-state index contributed by atoms with van der Waals surface area (Å²) in [5.41, 5.74) is 0.838. The number of ether oxygens (including phenoxy) is 5. The fourth-order valence-corrected chi connectivity index (χ4v) is 9.88. The summed E-state index contributed by atoms with van der Waals surface area (Å²) in [5.74, 6) is -0.464. The van der Waals surface area contributed by atoms with Crippen LogP contribution in [0.15, 0.2) is 11.6 Å². The van der Waals surface area contributed by atoms with Gasteiger partial charge in [0.25, 0.3) is 0 Å². The zero-order chi connectivity index (χ0) is 31.8. The lowest BCUT2D eigenvalue weighted by Crippen LogP contribution is -2.67. The molecule has 0 unspecified atom stereocenters. The highest BCUT2D eigenvalue weighted by atomic mass is 16.7. The molecule has 3 aliphatic heterocycles. The van der Waals surface area contributed by atoms with Crippen molar-refractivity contribution >= 4 is 0 Å². The molecule has 2 saturated carbocycles. The largest absolute Gasteiger partial charge is 0.390 e. The van der Waals surface area contributed by atoms with E-state index in [0.29, 0.717) is 18.4 Å². The first-order valence-corrected chi connectivity index (χ1v) is 16.8. The minimum Gasteiger partial charge on any atom is -0.390 e. The van der Waals surface area contributed by atoms with Crippen molar-refractivity contribution in [3.63, 3.8) is 0 Å². The maximum absolute atomic E-state index is 12.2. The molecule has 6 rings (SSSR count). The Morgan fingerprint density at radius 2 is 1.61 bits per heavy atom. The Balaban J connectivity index is 1.15. The van der Waals surface area contributed by atoms with E-state index in [-0.39, 0.29) is 23.9 Å². The van der Waals surface area contributed by atoms with Crippen molar-refractivity contribution < 1.29 is 54.3 Å². The van der Waals surface area contributed by atoms with Crippen molar-refractivity contribution in [3.05, 3.63) is 11.6 Å². The molecule has 0 aromatic carbocycles. The minimum absolute atomic E-state index is 0.000724.